The average Bonchev–Trinajstić information content (AvgIpc) is 2.46. The van der Waals surface area contributed by atoms with Crippen molar-refractivity contribution in [3.63, 3.8) is 0 Å². The van der Waals surface area contributed by atoms with Gasteiger partial charge in [0.15, 0.2) is 5.82 Å². The Morgan fingerprint density at radius 1 is 1.26 bits per heavy atom. The summed E-state index contributed by atoms with van der Waals surface area (Å²) in [6.45, 7) is 3.14. The Morgan fingerprint density at radius 3 is 2.95 bits per heavy atom. The van der Waals surface area contributed by atoms with Crippen LogP contribution in [0.4, 0.5) is 11.5 Å². The zero-order valence-electron chi connectivity index (χ0n) is 10.9. The second-order valence-electron chi connectivity index (χ2n) is 5.03. The van der Waals surface area contributed by atoms with Crippen molar-refractivity contribution in [3.05, 3.63) is 53.7 Å². The van der Waals surface area contributed by atoms with Gasteiger partial charge in [-0.1, -0.05) is 25.1 Å². The van der Waals surface area contributed by atoms with Crippen molar-refractivity contribution in [1.29, 1.82) is 5.26 Å². The molecule has 3 heteroatoms. The van der Waals surface area contributed by atoms with Gasteiger partial charge < -0.3 is 4.90 Å². The molecule has 1 atom stereocenters. The molecule has 3 rings (SSSR count). The fraction of sp³-hybridized carbons (Fsp3) is 0.250. The number of para-hydroxylation sites is 1. The third-order valence-electron chi connectivity index (χ3n) is 3.51. The lowest BCUT2D eigenvalue weighted by atomic mass is 9.93. The van der Waals surface area contributed by atoms with Crippen LogP contribution in [0.2, 0.25) is 0 Å². The minimum atomic E-state index is 0.559. The molecule has 2 aromatic rings. The average molecular weight is 249 g/mol. The summed E-state index contributed by atoms with van der Waals surface area (Å²) < 4.78 is 0. The van der Waals surface area contributed by atoms with Crippen molar-refractivity contribution >= 4 is 11.5 Å². The van der Waals surface area contributed by atoms with Gasteiger partial charge in [-0.2, -0.15) is 5.26 Å². The van der Waals surface area contributed by atoms with Crippen LogP contribution in [0.15, 0.2) is 42.6 Å². The van der Waals surface area contributed by atoms with Gasteiger partial charge in [-0.3, -0.25) is 0 Å². The number of hydrogen-bond donors (Lipinski definition) is 0. The molecule has 0 spiro atoms. The highest BCUT2D eigenvalue weighted by Crippen LogP contribution is 2.35. The summed E-state index contributed by atoms with van der Waals surface area (Å²) in [6.07, 6.45) is 2.83. The lowest BCUT2D eigenvalue weighted by Crippen LogP contribution is -2.31. The third-order valence-corrected chi connectivity index (χ3v) is 3.51. The summed E-state index contributed by atoms with van der Waals surface area (Å²) in [7, 11) is 0. The number of aromatic nitrogens is 1. The Labute approximate surface area is 113 Å². The first-order valence-electron chi connectivity index (χ1n) is 6.50. The summed E-state index contributed by atoms with van der Waals surface area (Å²) in [5, 5.41) is 9.25. The Morgan fingerprint density at radius 2 is 2.11 bits per heavy atom. The molecule has 1 unspecified atom stereocenters. The molecule has 1 aliphatic heterocycles. The predicted octanol–water partition coefficient (Wildman–Crippen LogP) is 3.28. The van der Waals surface area contributed by atoms with Gasteiger partial charge in [0.25, 0.3) is 0 Å². The van der Waals surface area contributed by atoms with E-state index in [9.17, 15) is 5.26 Å². The first-order valence-corrected chi connectivity index (χ1v) is 6.50. The summed E-state index contributed by atoms with van der Waals surface area (Å²) in [5.74, 6) is 1.33. The van der Waals surface area contributed by atoms with Crippen molar-refractivity contribution in [2.24, 2.45) is 5.92 Å². The summed E-state index contributed by atoms with van der Waals surface area (Å²) >= 11 is 0. The first-order chi connectivity index (χ1) is 9.29. The van der Waals surface area contributed by atoms with E-state index in [2.05, 4.69) is 41.1 Å². The largest absolute Gasteiger partial charge is 0.325 e. The molecule has 3 nitrogen and oxygen atoms in total. The normalized spacial score (nSPS) is 17.7. The van der Waals surface area contributed by atoms with E-state index in [0.29, 0.717) is 11.5 Å². The number of pyridine rings is 1. The quantitative estimate of drug-likeness (QED) is 0.778. The highest BCUT2D eigenvalue weighted by molar-refractivity contribution is 5.69. The van der Waals surface area contributed by atoms with Crippen molar-refractivity contribution in [2.75, 3.05) is 11.4 Å². The van der Waals surface area contributed by atoms with E-state index < -0.39 is 0 Å². The number of rotatable bonds is 1. The van der Waals surface area contributed by atoms with Crippen LogP contribution in [0, 0.1) is 17.2 Å². The zero-order valence-corrected chi connectivity index (χ0v) is 10.9. The van der Waals surface area contributed by atoms with Crippen LogP contribution in [-0.4, -0.2) is 11.5 Å². The molecule has 94 valence electrons. The van der Waals surface area contributed by atoms with Gasteiger partial charge in [-0.15, -0.1) is 0 Å². The van der Waals surface area contributed by atoms with Gasteiger partial charge in [-0.25, -0.2) is 4.98 Å². The third kappa shape index (κ3) is 2.06. The van der Waals surface area contributed by atoms with E-state index in [1.165, 1.54) is 11.3 Å². The minimum absolute atomic E-state index is 0.559. The zero-order chi connectivity index (χ0) is 13.2. The Balaban J connectivity index is 2.13. The van der Waals surface area contributed by atoms with Crippen molar-refractivity contribution in [2.45, 2.75) is 13.3 Å². The van der Waals surface area contributed by atoms with Crippen LogP contribution in [0.1, 0.15) is 18.1 Å². The van der Waals surface area contributed by atoms with E-state index in [0.717, 1.165) is 18.8 Å². The topological polar surface area (TPSA) is 39.9 Å². The molecule has 1 aromatic heterocycles. The smallest absolute Gasteiger partial charge is 0.150 e. The Kier molecular flexibility index (Phi) is 2.92. The van der Waals surface area contributed by atoms with Gasteiger partial charge >= 0.3 is 0 Å². The second kappa shape index (κ2) is 4.74. The molecule has 0 N–H and O–H groups in total. The molecule has 2 heterocycles. The minimum Gasteiger partial charge on any atom is -0.325 e. The molecule has 0 amide bonds. The van der Waals surface area contributed by atoms with E-state index in [1.54, 1.807) is 12.3 Å². The van der Waals surface area contributed by atoms with Crippen molar-refractivity contribution < 1.29 is 0 Å². The lowest BCUT2D eigenvalue weighted by molar-refractivity contribution is 0.560. The molecule has 0 aliphatic carbocycles. The van der Waals surface area contributed by atoms with Gasteiger partial charge in [0.1, 0.15) is 6.07 Å². The van der Waals surface area contributed by atoms with Gasteiger partial charge in [-0.05, 0) is 36.1 Å². The predicted molar refractivity (Wildman–Crippen MR) is 75.3 cm³/mol. The second-order valence-corrected chi connectivity index (χ2v) is 5.03. The molecule has 0 radical (unpaired) electrons. The maximum absolute atomic E-state index is 9.25. The summed E-state index contributed by atoms with van der Waals surface area (Å²) in [6, 6.07) is 14.2. The van der Waals surface area contributed by atoms with E-state index in [-0.39, 0.29) is 0 Å². The highest BCUT2D eigenvalue weighted by Gasteiger charge is 2.24. The monoisotopic (exact) mass is 249 g/mol. The number of nitriles is 1. The maximum Gasteiger partial charge on any atom is 0.150 e. The SMILES string of the molecule is CC1Cc2ccccc2N(c2ncccc2C#N)C1. The van der Waals surface area contributed by atoms with Crippen molar-refractivity contribution in [1.82, 2.24) is 4.98 Å². The van der Waals surface area contributed by atoms with E-state index in [1.807, 2.05) is 12.1 Å². The van der Waals surface area contributed by atoms with E-state index in [4.69, 9.17) is 0 Å². The van der Waals surface area contributed by atoms with Gasteiger partial charge in [0.2, 0.25) is 0 Å². The van der Waals surface area contributed by atoms with E-state index >= 15 is 0 Å². The van der Waals surface area contributed by atoms with Crippen LogP contribution in [0.5, 0.6) is 0 Å². The number of anilines is 2. The number of hydrogen-bond acceptors (Lipinski definition) is 3. The molecular formula is C16H15N3. The number of benzene rings is 1. The number of nitrogens with zero attached hydrogens (tertiary/aromatic N) is 3. The molecule has 1 aliphatic rings. The Hall–Kier alpha value is -2.34. The van der Waals surface area contributed by atoms with Gasteiger partial charge in [0, 0.05) is 18.4 Å². The lowest BCUT2D eigenvalue weighted by Gasteiger charge is -2.34. The van der Waals surface area contributed by atoms with Crippen LogP contribution >= 0.6 is 0 Å². The van der Waals surface area contributed by atoms with Crippen LogP contribution in [-0.2, 0) is 6.42 Å². The van der Waals surface area contributed by atoms with Crippen LogP contribution in [0.3, 0.4) is 0 Å². The molecular weight excluding hydrogens is 234 g/mol. The molecule has 19 heavy (non-hydrogen) atoms. The fourth-order valence-electron chi connectivity index (χ4n) is 2.70. The van der Waals surface area contributed by atoms with Crippen molar-refractivity contribution in [3.8, 4) is 6.07 Å². The number of fused-ring (bicyclic) bond motifs is 1. The highest BCUT2D eigenvalue weighted by atomic mass is 15.2. The van der Waals surface area contributed by atoms with Crippen LogP contribution in [0.25, 0.3) is 0 Å². The molecule has 0 fully saturated rings. The summed E-state index contributed by atoms with van der Waals surface area (Å²) in [5.41, 5.74) is 3.14. The Bertz CT molecular complexity index is 642. The molecule has 1 aromatic carbocycles. The van der Waals surface area contributed by atoms with Crippen LogP contribution < -0.4 is 4.90 Å². The summed E-state index contributed by atoms with van der Waals surface area (Å²) in [4.78, 5) is 6.58. The standard InChI is InChI=1S/C16H15N3/c1-12-9-13-5-2-3-7-15(13)19(11-12)16-14(10-17)6-4-8-18-16/h2-8,12H,9,11H2,1H3. The van der Waals surface area contributed by atoms with Gasteiger partial charge in [0.05, 0.1) is 5.56 Å². The fourth-order valence-corrected chi connectivity index (χ4v) is 2.70. The maximum atomic E-state index is 9.25. The molecule has 0 saturated heterocycles. The molecule has 0 bridgehead atoms. The molecule has 0 saturated carbocycles. The first kappa shape index (κ1) is 11.7.